The maximum atomic E-state index is 4.93. The Morgan fingerprint density at radius 1 is 0.333 bits per heavy atom. The molecule has 0 amide bonds. The Bertz CT molecular complexity index is 1460. The molecule has 0 aliphatic rings. The van der Waals surface area contributed by atoms with Crippen molar-refractivity contribution in [2.75, 3.05) is 0 Å². The Balaban J connectivity index is 0.000000189. The van der Waals surface area contributed by atoms with Gasteiger partial charge in [0.2, 0.25) is 0 Å². The molecule has 0 aromatic heterocycles. The van der Waals surface area contributed by atoms with E-state index in [2.05, 4.69) is 160 Å². The molecule has 6 aromatic rings. The zero-order valence-electron chi connectivity index (χ0n) is 24.8. The van der Waals surface area contributed by atoms with Gasteiger partial charge in [-0.3, -0.25) is 0 Å². The van der Waals surface area contributed by atoms with Crippen LogP contribution in [-0.2, 0) is 20.8 Å². The summed E-state index contributed by atoms with van der Waals surface area (Å²) in [7, 11) is 13.8. The van der Waals surface area contributed by atoms with Gasteiger partial charge in [0.1, 0.15) is 0 Å². The minimum atomic E-state index is -2.02. The molecule has 7 heteroatoms. The zero-order chi connectivity index (χ0) is 31.8. The fraction of sp³-hybridized carbons (Fsp3) is 0. The van der Waals surface area contributed by atoms with E-state index in [0.717, 1.165) is 0 Å². The second-order valence-electron chi connectivity index (χ2n) is 9.64. The first-order valence-electron chi connectivity index (χ1n) is 14.2. The van der Waals surface area contributed by atoms with Crippen molar-refractivity contribution in [3.05, 3.63) is 196 Å². The average Bonchev–Trinajstić information content (AvgIpc) is 3.13. The molecule has 0 saturated carbocycles. The Morgan fingerprint density at radius 2 is 0.467 bits per heavy atom. The Morgan fingerprint density at radius 3 is 0.578 bits per heavy atom. The van der Waals surface area contributed by atoms with E-state index in [9.17, 15) is 0 Å². The van der Waals surface area contributed by atoms with Crippen molar-refractivity contribution in [3.8, 4) is 0 Å². The second kappa shape index (κ2) is 18.4. The molecule has 45 heavy (non-hydrogen) atoms. The van der Waals surface area contributed by atoms with Crippen LogP contribution in [0.15, 0.2) is 191 Å². The normalized spacial score (nSPS) is 10.6. The molecule has 0 fully saturated rings. The van der Waals surface area contributed by atoms with Crippen LogP contribution < -0.4 is 31.8 Å². The third kappa shape index (κ3) is 8.34. The van der Waals surface area contributed by atoms with Crippen LogP contribution in [0.3, 0.4) is 0 Å². The van der Waals surface area contributed by atoms with Crippen molar-refractivity contribution >= 4 is 63.0 Å². The molecule has 0 bridgehead atoms. The van der Waals surface area contributed by atoms with E-state index < -0.39 is 35.0 Å². The maximum absolute atomic E-state index is 4.93. The first kappa shape index (κ1) is 35.1. The van der Waals surface area contributed by atoms with Crippen LogP contribution in [0.1, 0.15) is 0 Å². The quantitative estimate of drug-likeness (QED) is 0.120. The first-order valence-corrected chi connectivity index (χ1v) is 24.0. The monoisotopic (exact) mass is 740 g/mol. The molecule has 0 N–H and O–H groups in total. The van der Waals surface area contributed by atoms with E-state index in [1.54, 1.807) is 0 Å². The van der Waals surface area contributed by atoms with Crippen molar-refractivity contribution in [1.29, 1.82) is 0 Å². The van der Waals surface area contributed by atoms with E-state index in [0.29, 0.717) is 0 Å². The van der Waals surface area contributed by atoms with Gasteiger partial charge in [0.25, 0.3) is 0 Å². The molecule has 0 atom stereocenters. The molecular formula is C38H34Cl2N2P2Zr. The molecule has 6 rings (SSSR count). The molecule has 0 saturated heterocycles. The van der Waals surface area contributed by atoms with Crippen LogP contribution in [0.25, 0.3) is 0 Å². The second-order valence-corrected chi connectivity index (χ2v) is 19.6. The fourth-order valence-corrected chi connectivity index (χ4v) is 11.6. The van der Waals surface area contributed by atoms with Gasteiger partial charge in [0, 0.05) is 14.1 Å². The Hall–Kier alpha value is -2.76. The van der Waals surface area contributed by atoms with E-state index in [4.69, 9.17) is 26.5 Å². The average molecular weight is 743 g/mol. The van der Waals surface area contributed by atoms with Crippen LogP contribution in [-0.4, -0.2) is 0 Å². The van der Waals surface area contributed by atoms with E-state index in [1.165, 1.54) is 31.8 Å². The van der Waals surface area contributed by atoms with Crippen LogP contribution in [0, 0.1) is 14.1 Å². The number of nitrogens with zero attached hydrogens (tertiary/aromatic N) is 2. The molecule has 0 aliphatic heterocycles. The van der Waals surface area contributed by atoms with Crippen molar-refractivity contribution in [3.63, 3.8) is 0 Å². The van der Waals surface area contributed by atoms with Crippen LogP contribution in [0.2, 0.25) is 0 Å². The van der Waals surface area contributed by atoms with Crippen LogP contribution in [0.5, 0.6) is 0 Å². The summed E-state index contributed by atoms with van der Waals surface area (Å²) in [6.45, 7) is 0. The van der Waals surface area contributed by atoms with E-state index in [1.807, 2.05) is 36.4 Å². The standard InChI is InChI=1S/2C19H17NP.2ClH.Zr/c2*1-20-21(17-11-5-2-6-12-17,18-13-7-3-8-14-18)19-15-9-4-10-16-19;;;/h2*2-16H,1H2;2*1H;/q2*-1;;;+4/p-2. The molecule has 0 unspecified atom stereocenters. The molecule has 0 aliphatic carbocycles. The molecule has 0 spiro atoms. The third-order valence-electron chi connectivity index (χ3n) is 7.20. The number of rotatable bonds is 6. The zero-order valence-corrected chi connectivity index (χ0v) is 30.5. The molecule has 0 heterocycles. The van der Waals surface area contributed by atoms with Gasteiger partial charge < -0.3 is 9.49 Å². The Kier molecular flexibility index (Phi) is 14.4. The predicted molar refractivity (Wildman–Crippen MR) is 198 cm³/mol. The summed E-state index contributed by atoms with van der Waals surface area (Å²) in [6.07, 6.45) is 0. The number of hydrogen-bond acceptors (Lipinski definition) is 2. The summed E-state index contributed by atoms with van der Waals surface area (Å²) in [5.74, 6) is 0. The number of hydrogen-bond donors (Lipinski definition) is 0. The van der Waals surface area contributed by atoms with Crippen molar-refractivity contribution in [1.82, 2.24) is 0 Å². The van der Waals surface area contributed by atoms with Gasteiger partial charge in [-0.2, -0.15) is 0 Å². The van der Waals surface area contributed by atoms with E-state index >= 15 is 0 Å². The van der Waals surface area contributed by atoms with Crippen molar-refractivity contribution in [2.24, 2.45) is 9.49 Å². The summed E-state index contributed by atoms with van der Waals surface area (Å²) < 4.78 is 9.38. The van der Waals surface area contributed by atoms with Gasteiger partial charge in [-0.1, -0.05) is 182 Å². The molecule has 224 valence electrons. The summed E-state index contributed by atoms with van der Waals surface area (Å²) in [5.41, 5.74) is 0. The fourth-order valence-electron chi connectivity index (χ4n) is 5.25. The van der Waals surface area contributed by atoms with Crippen molar-refractivity contribution in [2.45, 2.75) is 0 Å². The van der Waals surface area contributed by atoms with Gasteiger partial charge in [-0.15, -0.1) is 0 Å². The number of benzene rings is 6. The predicted octanol–water partition coefficient (Wildman–Crippen LogP) is 9.29. The molecule has 6 aromatic carbocycles. The first-order chi connectivity index (χ1) is 22.2. The van der Waals surface area contributed by atoms with Gasteiger partial charge in [-0.05, 0) is 31.8 Å². The van der Waals surface area contributed by atoms with Crippen LogP contribution >= 0.6 is 31.1 Å². The minimum absolute atomic E-state index is 0.826. The SMILES string of the molecule is [CH2-]N=P(c1ccccc1)(c1ccccc1)c1ccccc1.[CH2-]N=P(c1ccccc1)(c1ccccc1)c1ccccc1.[Cl][Zr+2][Cl]. The summed E-state index contributed by atoms with van der Waals surface area (Å²) in [5, 5.41) is 7.40. The van der Waals surface area contributed by atoms with Gasteiger partial charge in [-0.25, -0.2) is 14.1 Å². The van der Waals surface area contributed by atoms with E-state index in [-0.39, 0.29) is 0 Å². The van der Waals surface area contributed by atoms with Crippen LogP contribution in [0.4, 0.5) is 0 Å². The third-order valence-corrected chi connectivity index (χ3v) is 14.3. The summed E-state index contributed by atoms with van der Waals surface area (Å²) >= 11 is -0.826. The molecular weight excluding hydrogens is 709 g/mol. The molecule has 0 radical (unpaired) electrons. The van der Waals surface area contributed by atoms with Gasteiger partial charge in [0.15, 0.2) is 0 Å². The van der Waals surface area contributed by atoms with Gasteiger partial charge in [0.05, 0.1) is 0 Å². The van der Waals surface area contributed by atoms with Gasteiger partial charge >= 0.3 is 37.9 Å². The topological polar surface area (TPSA) is 24.7 Å². The Labute approximate surface area is 287 Å². The summed E-state index contributed by atoms with van der Waals surface area (Å²) in [6, 6.07) is 62.9. The molecule has 2 nitrogen and oxygen atoms in total. The number of halogens is 2. The summed E-state index contributed by atoms with van der Waals surface area (Å²) in [4.78, 5) is 0. The van der Waals surface area contributed by atoms with Crippen molar-refractivity contribution < 1.29 is 20.8 Å².